The molecule has 3 aromatic rings. The minimum absolute atomic E-state index is 0.377. The van der Waals surface area contributed by atoms with Gasteiger partial charge >= 0.3 is 5.97 Å². The quantitative estimate of drug-likeness (QED) is 0.444. The van der Waals surface area contributed by atoms with Crippen LogP contribution in [0.25, 0.3) is 5.57 Å². The van der Waals surface area contributed by atoms with Gasteiger partial charge in [-0.1, -0.05) is 54.1 Å². The normalized spacial score (nSPS) is 18.0. The SMILES string of the molecule is COC(=O)c1ccc2c(c1)OCc1ccccc1C2=CCCN1CCC(O)(c2ccc(Cl)cc2)CC1. The van der Waals surface area contributed by atoms with Gasteiger partial charge in [0.25, 0.3) is 0 Å². The second kappa shape index (κ2) is 10.5. The molecule has 0 amide bonds. The number of halogens is 1. The molecule has 0 aromatic heterocycles. The average Bonchev–Trinajstić information content (AvgIpc) is 3.06. The van der Waals surface area contributed by atoms with Crippen LogP contribution in [0, 0.1) is 0 Å². The fourth-order valence-corrected chi connectivity index (χ4v) is 5.25. The van der Waals surface area contributed by atoms with Crippen molar-refractivity contribution in [2.45, 2.75) is 31.5 Å². The van der Waals surface area contributed by atoms with E-state index < -0.39 is 5.60 Å². The average molecular weight is 504 g/mol. The van der Waals surface area contributed by atoms with Crippen LogP contribution in [0.1, 0.15) is 51.9 Å². The van der Waals surface area contributed by atoms with E-state index in [1.807, 2.05) is 42.5 Å². The molecule has 1 saturated heterocycles. The summed E-state index contributed by atoms with van der Waals surface area (Å²) in [5.74, 6) is 0.309. The molecule has 1 fully saturated rings. The van der Waals surface area contributed by atoms with Gasteiger partial charge in [0.1, 0.15) is 12.4 Å². The molecular weight excluding hydrogens is 474 g/mol. The first-order valence-electron chi connectivity index (χ1n) is 12.3. The van der Waals surface area contributed by atoms with Crippen LogP contribution < -0.4 is 4.74 Å². The third kappa shape index (κ3) is 5.05. The molecule has 0 saturated carbocycles. The van der Waals surface area contributed by atoms with Crippen molar-refractivity contribution in [1.82, 2.24) is 4.90 Å². The van der Waals surface area contributed by atoms with Crippen LogP contribution in [-0.2, 0) is 16.9 Å². The molecule has 2 heterocycles. The van der Waals surface area contributed by atoms with Crippen molar-refractivity contribution >= 4 is 23.1 Å². The molecule has 0 aliphatic carbocycles. The van der Waals surface area contributed by atoms with Crippen LogP contribution in [0.2, 0.25) is 5.02 Å². The van der Waals surface area contributed by atoms with Crippen LogP contribution in [0.3, 0.4) is 0 Å². The zero-order chi connectivity index (χ0) is 25.1. The number of piperidine rings is 1. The highest BCUT2D eigenvalue weighted by Gasteiger charge is 2.33. The summed E-state index contributed by atoms with van der Waals surface area (Å²) in [5.41, 5.74) is 4.97. The van der Waals surface area contributed by atoms with Crippen molar-refractivity contribution in [1.29, 1.82) is 0 Å². The Morgan fingerprint density at radius 2 is 1.83 bits per heavy atom. The summed E-state index contributed by atoms with van der Waals surface area (Å²) < 4.78 is 11.0. The Hall–Kier alpha value is -3.12. The number of hydrogen-bond acceptors (Lipinski definition) is 5. The van der Waals surface area contributed by atoms with Crippen LogP contribution >= 0.6 is 11.6 Å². The Kier molecular flexibility index (Phi) is 7.15. The Bertz CT molecular complexity index is 1280. The first-order chi connectivity index (χ1) is 17.5. The third-order valence-electron chi connectivity index (χ3n) is 7.24. The highest BCUT2D eigenvalue weighted by molar-refractivity contribution is 6.30. The lowest BCUT2D eigenvalue weighted by Crippen LogP contribution is -2.42. The number of esters is 1. The minimum atomic E-state index is -0.798. The van der Waals surface area contributed by atoms with E-state index in [9.17, 15) is 9.90 Å². The summed E-state index contributed by atoms with van der Waals surface area (Å²) in [5, 5.41) is 11.9. The summed E-state index contributed by atoms with van der Waals surface area (Å²) in [4.78, 5) is 14.5. The van der Waals surface area contributed by atoms with E-state index in [0.29, 0.717) is 35.8 Å². The number of hydrogen-bond donors (Lipinski definition) is 1. The fourth-order valence-electron chi connectivity index (χ4n) is 5.13. The molecule has 6 heteroatoms. The number of likely N-dealkylation sites (tertiary alicyclic amines) is 1. The summed E-state index contributed by atoms with van der Waals surface area (Å²) in [6.45, 7) is 3.02. The number of aliphatic hydroxyl groups is 1. The largest absolute Gasteiger partial charge is 0.488 e. The van der Waals surface area contributed by atoms with Gasteiger partial charge in [0, 0.05) is 30.2 Å². The van der Waals surface area contributed by atoms with Crippen molar-refractivity contribution in [3.05, 3.63) is 106 Å². The monoisotopic (exact) mass is 503 g/mol. The second-order valence-electron chi connectivity index (χ2n) is 9.43. The molecule has 2 aliphatic rings. The second-order valence-corrected chi connectivity index (χ2v) is 9.87. The lowest BCUT2D eigenvalue weighted by molar-refractivity contribution is -0.0254. The van der Waals surface area contributed by atoms with Crippen LogP contribution in [-0.4, -0.2) is 42.7 Å². The number of carbonyl (C=O) groups excluding carboxylic acids is 1. The first-order valence-corrected chi connectivity index (χ1v) is 12.7. The molecule has 0 bridgehead atoms. The first kappa shape index (κ1) is 24.6. The third-order valence-corrected chi connectivity index (χ3v) is 7.49. The van der Waals surface area contributed by atoms with Gasteiger partial charge in [-0.3, -0.25) is 0 Å². The molecule has 0 unspecified atom stereocenters. The maximum atomic E-state index is 12.1. The van der Waals surface area contributed by atoms with E-state index in [0.717, 1.165) is 53.9 Å². The van der Waals surface area contributed by atoms with E-state index in [2.05, 4.69) is 23.1 Å². The molecule has 186 valence electrons. The van der Waals surface area contributed by atoms with Gasteiger partial charge in [0.2, 0.25) is 0 Å². The van der Waals surface area contributed by atoms with Crippen molar-refractivity contribution in [2.75, 3.05) is 26.7 Å². The van der Waals surface area contributed by atoms with Crippen molar-refractivity contribution in [2.24, 2.45) is 0 Å². The molecule has 1 N–H and O–H groups in total. The van der Waals surface area contributed by atoms with Gasteiger partial charge in [-0.2, -0.15) is 0 Å². The lowest BCUT2D eigenvalue weighted by atomic mass is 9.84. The van der Waals surface area contributed by atoms with E-state index in [1.54, 1.807) is 12.1 Å². The van der Waals surface area contributed by atoms with Gasteiger partial charge in [-0.15, -0.1) is 0 Å². The van der Waals surface area contributed by atoms with E-state index in [-0.39, 0.29) is 5.97 Å². The van der Waals surface area contributed by atoms with Crippen molar-refractivity contribution < 1.29 is 19.4 Å². The molecule has 0 spiro atoms. The van der Waals surface area contributed by atoms with E-state index in [4.69, 9.17) is 21.1 Å². The Morgan fingerprint density at radius 1 is 1.08 bits per heavy atom. The number of carbonyl (C=O) groups is 1. The Balaban J connectivity index is 1.32. The van der Waals surface area contributed by atoms with E-state index >= 15 is 0 Å². The van der Waals surface area contributed by atoms with Gasteiger partial charge in [0.15, 0.2) is 0 Å². The van der Waals surface area contributed by atoms with Gasteiger partial charge in [-0.25, -0.2) is 4.79 Å². The summed E-state index contributed by atoms with van der Waals surface area (Å²) in [6, 6.07) is 21.3. The molecule has 5 nitrogen and oxygen atoms in total. The van der Waals surface area contributed by atoms with Gasteiger partial charge in [0.05, 0.1) is 18.3 Å². The highest BCUT2D eigenvalue weighted by atomic mass is 35.5. The van der Waals surface area contributed by atoms with Gasteiger partial charge < -0.3 is 19.5 Å². The zero-order valence-electron chi connectivity index (χ0n) is 20.4. The topological polar surface area (TPSA) is 59.0 Å². The number of rotatable bonds is 5. The summed E-state index contributed by atoms with van der Waals surface area (Å²) in [6.07, 6.45) is 4.52. The predicted molar refractivity (Wildman–Crippen MR) is 141 cm³/mol. The van der Waals surface area contributed by atoms with Crippen LogP contribution in [0.15, 0.2) is 72.8 Å². The van der Waals surface area contributed by atoms with E-state index in [1.165, 1.54) is 7.11 Å². The Morgan fingerprint density at radius 3 is 2.58 bits per heavy atom. The number of fused-ring (bicyclic) bond motifs is 2. The number of nitrogens with zero attached hydrogens (tertiary/aromatic N) is 1. The number of methoxy groups -OCH3 is 1. The number of ether oxygens (including phenoxy) is 2. The molecule has 36 heavy (non-hydrogen) atoms. The Labute approximate surface area is 216 Å². The molecule has 0 radical (unpaired) electrons. The molecular formula is C30H30ClNO4. The summed E-state index contributed by atoms with van der Waals surface area (Å²) in [7, 11) is 1.38. The van der Waals surface area contributed by atoms with Gasteiger partial charge in [-0.05, 0) is 71.9 Å². The standard InChI is InChI=1S/C30H30ClNO4/c1-35-29(33)21-8-13-27-26(25-6-3-2-5-22(25)20-36-28(27)19-21)7-4-16-32-17-14-30(34,15-18-32)23-9-11-24(31)12-10-23/h2-3,5-13,19,34H,4,14-18,20H2,1H3. The molecule has 0 atom stereocenters. The van der Waals surface area contributed by atoms with Crippen LogP contribution in [0.5, 0.6) is 5.75 Å². The zero-order valence-corrected chi connectivity index (χ0v) is 21.1. The smallest absolute Gasteiger partial charge is 0.337 e. The van der Waals surface area contributed by atoms with Crippen LogP contribution in [0.4, 0.5) is 0 Å². The molecule has 3 aromatic carbocycles. The predicted octanol–water partition coefficient (Wildman–Crippen LogP) is 5.82. The summed E-state index contributed by atoms with van der Waals surface area (Å²) >= 11 is 6.02. The lowest BCUT2D eigenvalue weighted by Gasteiger charge is -2.38. The maximum absolute atomic E-state index is 12.1. The van der Waals surface area contributed by atoms with Crippen molar-refractivity contribution in [3.63, 3.8) is 0 Å². The minimum Gasteiger partial charge on any atom is -0.488 e. The molecule has 2 aliphatic heterocycles. The fraction of sp³-hybridized carbons (Fsp3) is 0.300. The van der Waals surface area contributed by atoms with Crippen molar-refractivity contribution in [3.8, 4) is 5.75 Å². The number of benzene rings is 3. The maximum Gasteiger partial charge on any atom is 0.337 e. The molecule has 5 rings (SSSR count). The highest BCUT2D eigenvalue weighted by Crippen LogP contribution is 2.38.